The zero-order chi connectivity index (χ0) is 13.1. The minimum atomic E-state index is -0.806. The van der Waals surface area contributed by atoms with Gasteiger partial charge in [-0.25, -0.2) is 0 Å². The van der Waals surface area contributed by atoms with Gasteiger partial charge in [0.25, 0.3) is 0 Å². The van der Waals surface area contributed by atoms with Crippen molar-refractivity contribution in [2.75, 3.05) is 13.1 Å². The monoisotopic (exact) mass is 359 g/mol. The molecule has 0 bridgehead atoms. The summed E-state index contributed by atoms with van der Waals surface area (Å²) in [5, 5.41) is 8.91. The molecule has 0 saturated carbocycles. The van der Waals surface area contributed by atoms with Crippen LogP contribution in [0, 0.1) is 9.49 Å². The van der Waals surface area contributed by atoms with Crippen LogP contribution in [0.4, 0.5) is 0 Å². The van der Waals surface area contributed by atoms with Crippen LogP contribution in [0.15, 0.2) is 24.3 Å². The van der Waals surface area contributed by atoms with Crippen molar-refractivity contribution in [2.45, 2.75) is 12.8 Å². The largest absolute Gasteiger partial charge is 0.481 e. The number of hydrogen-bond donors (Lipinski definition) is 1. The zero-order valence-corrected chi connectivity index (χ0v) is 12.0. The average molecular weight is 359 g/mol. The first-order valence-corrected chi connectivity index (χ1v) is 6.90. The molecule has 5 heteroatoms. The fourth-order valence-electron chi connectivity index (χ4n) is 2.10. The van der Waals surface area contributed by atoms with Crippen molar-refractivity contribution in [2.24, 2.45) is 5.92 Å². The van der Waals surface area contributed by atoms with Crippen molar-refractivity contribution >= 4 is 34.5 Å². The highest BCUT2D eigenvalue weighted by Gasteiger charge is 2.30. The van der Waals surface area contributed by atoms with Crippen LogP contribution < -0.4 is 0 Å². The first kappa shape index (κ1) is 13.3. The lowest BCUT2D eigenvalue weighted by atomic mass is 10.1. The van der Waals surface area contributed by atoms with Crippen molar-refractivity contribution in [3.8, 4) is 0 Å². The summed E-state index contributed by atoms with van der Waals surface area (Å²) < 4.78 is 1.07. The van der Waals surface area contributed by atoms with Gasteiger partial charge in [0.2, 0.25) is 5.91 Å². The molecule has 1 heterocycles. The SMILES string of the molecule is O=C(O)C1CCN(C(=O)Cc2ccccc2I)C1. The highest BCUT2D eigenvalue weighted by molar-refractivity contribution is 14.1. The van der Waals surface area contributed by atoms with Gasteiger partial charge >= 0.3 is 5.97 Å². The van der Waals surface area contributed by atoms with Crippen LogP contribution in [-0.4, -0.2) is 35.0 Å². The third kappa shape index (κ3) is 3.01. The van der Waals surface area contributed by atoms with E-state index in [4.69, 9.17) is 5.11 Å². The van der Waals surface area contributed by atoms with E-state index in [0.717, 1.165) is 9.13 Å². The summed E-state index contributed by atoms with van der Waals surface area (Å²) in [7, 11) is 0. The Kier molecular flexibility index (Phi) is 4.21. The van der Waals surface area contributed by atoms with Crippen LogP contribution >= 0.6 is 22.6 Å². The van der Waals surface area contributed by atoms with E-state index < -0.39 is 11.9 Å². The van der Waals surface area contributed by atoms with Gasteiger partial charge in [-0.2, -0.15) is 0 Å². The van der Waals surface area contributed by atoms with Crippen molar-refractivity contribution in [1.29, 1.82) is 0 Å². The number of likely N-dealkylation sites (tertiary alicyclic amines) is 1. The third-order valence-electron chi connectivity index (χ3n) is 3.19. The summed E-state index contributed by atoms with van der Waals surface area (Å²) in [6.07, 6.45) is 0.915. The fraction of sp³-hybridized carbons (Fsp3) is 0.385. The predicted octanol–water partition coefficient (Wildman–Crippen LogP) is 1.77. The number of halogens is 1. The normalized spacial score (nSPS) is 18.9. The first-order valence-electron chi connectivity index (χ1n) is 5.82. The van der Waals surface area contributed by atoms with Crippen LogP contribution in [0.3, 0.4) is 0 Å². The van der Waals surface area contributed by atoms with Gasteiger partial charge in [0.05, 0.1) is 12.3 Å². The lowest BCUT2D eigenvalue weighted by Crippen LogP contribution is -2.31. The Balaban J connectivity index is 1.98. The molecule has 1 aliphatic heterocycles. The minimum absolute atomic E-state index is 0.0165. The Morgan fingerprint density at radius 2 is 2.11 bits per heavy atom. The zero-order valence-electron chi connectivity index (χ0n) is 9.80. The number of hydrogen-bond acceptors (Lipinski definition) is 2. The van der Waals surface area contributed by atoms with Gasteiger partial charge in [0.1, 0.15) is 0 Å². The van der Waals surface area contributed by atoms with Crippen LogP contribution in [0.2, 0.25) is 0 Å². The lowest BCUT2D eigenvalue weighted by molar-refractivity contribution is -0.141. The molecular weight excluding hydrogens is 345 g/mol. The van der Waals surface area contributed by atoms with E-state index >= 15 is 0 Å². The third-order valence-corrected chi connectivity index (χ3v) is 4.24. The van der Waals surface area contributed by atoms with E-state index in [1.165, 1.54) is 0 Å². The number of aliphatic carboxylic acids is 1. The molecule has 1 aromatic rings. The summed E-state index contributed by atoms with van der Waals surface area (Å²) in [5.41, 5.74) is 1.00. The van der Waals surface area contributed by atoms with Gasteiger partial charge in [0, 0.05) is 16.7 Å². The molecule has 1 saturated heterocycles. The van der Waals surface area contributed by atoms with Crippen molar-refractivity contribution in [1.82, 2.24) is 4.90 Å². The molecule has 1 aromatic carbocycles. The first-order chi connectivity index (χ1) is 8.58. The van der Waals surface area contributed by atoms with E-state index in [2.05, 4.69) is 22.6 Å². The van der Waals surface area contributed by atoms with Gasteiger partial charge in [0.15, 0.2) is 0 Å². The summed E-state index contributed by atoms with van der Waals surface area (Å²) in [6, 6.07) is 7.75. The van der Waals surface area contributed by atoms with Gasteiger partial charge in [-0.3, -0.25) is 9.59 Å². The Hall–Kier alpha value is -1.11. The molecule has 0 aromatic heterocycles. The molecule has 0 spiro atoms. The molecule has 1 atom stereocenters. The molecule has 96 valence electrons. The molecule has 0 radical (unpaired) electrons. The summed E-state index contributed by atoms with van der Waals surface area (Å²) in [5.74, 6) is -1.19. The Labute approximate surface area is 119 Å². The summed E-state index contributed by atoms with van der Waals surface area (Å²) in [6.45, 7) is 0.900. The highest BCUT2D eigenvalue weighted by atomic mass is 127. The van der Waals surface area contributed by atoms with Crippen molar-refractivity contribution < 1.29 is 14.7 Å². The van der Waals surface area contributed by atoms with E-state index in [1.807, 2.05) is 24.3 Å². The van der Waals surface area contributed by atoms with Crippen LogP contribution in [0.1, 0.15) is 12.0 Å². The second kappa shape index (κ2) is 5.69. The predicted molar refractivity (Wildman–Crippen MR) is 75.2 cm³/mol. The quantitative estimate of drug-likeness (QED) is 0.837. The smallest absolute Gasteiger partial charge is 0.308 e. The molecular formula is C13H14INO3. The second-order valence-electron chi connectivity index (χ2n) is 4.43. The highest BCUT2D eigenvalue weighted by Crippen LogP contribution is 2.19. The van der Waals surface area contributed by atoms with E-state index in [1.54, 1.807) is 4.90 Å². The topological polar surface area (TPSA) is 57.6 Å². The lowest BCUT2D eigenvalue weighted by Gasteiger charge is -2.16. The number of amides is 1. The number of nitrogens with zero attached hydrogens (tertiary/aromatic N) is 1. The average Bonchev–Trinajstić information content (AvgIpc) is 2.81. The van der Waals surface area contributed by atoms with Crippen LogP contribution in [-0.2, 0) is 16.0 Å². The maximum absolute atomic E-state index is 12.1. The van der Waals surface area contributed by atoms with Crippen molar-refractivity contribution in [3.05, 3.63) is 33.4 Å². The van der Waals surface area contributed by atoms with Gasteiger partial charge < -0.3 is 10.0 Å². The number of benzene rings is 1. The molecule has 4 nitrogen and oxygen atoms in total. The molecule has 1 fully saturated rings. The van der Waals surface area contributed by atoms with Crippen LogP contribution in [0.5, 0.6) is 0 Å². The van der Waals surface area contributed by atoms with Gasteiger partial charge in [-0.05, 0) is 40.6 Å². The second-order valence-corrected chi connectivity index (χ2v) is 5.59. The fourth-order valence-corrected chi connectivity index (χ4v) is 2.68. The molecule has 1 aliphatic rings. The molecule has 2 rings (SSSR count). The van der Waals surface area contributed by atoms with Gasteiger partial charge in [-0.1, -0.05) is 18.2 Å². The molecule has 0 aliphatic carbocycles. The van der Waals surface area contributed by atoms with E-state index in [-0.39, 0.29) is 5.91 Å². The molecule has 18 heavy (non-hydrogen) atoms. The maximum Gasteiger partial charge on any atom is 0.308 e. The van der Waals surface area contributed by atoms with Crippen molar-refractivity contribution in [3.63, 3.8) is 0 Å². The molecule has 1 N–H and O–H groups in total. The maximum atomic E-state index is 12.1. The van der Waals surface area contributed by atoms with E-state index in [9.17, 15) is 9.59 Å². The molecule has 1 unspecified atom stereocenters. The Morgan fingerprint density at radius 1 is 1.39 bits per heavy atom. The number of carboxylic acids is 1. The number of rotatable bonds is 3. The standard InChI is InChI=1S/C13H14INO3/c14-11-4-2-1-3-9(11)7-12(16)15-6-5-10(8-15)13(17)18/h1-4,10H,5-8H2,(H,17,18). The number of carbonyl (C=O) groups excluding carboxylic acids is 1. The Bertz CT molecular complexity index is 475. The van der Waals surface area contributed by atoms with Crippen LogP contribution in [0.25, 0.3) is 0 Å². The number of carboxylic acid groups (broad SMARTS) is 1. The van der Waals surface area contributed by atoms with E-state index in [0.29, 0.717) is 25.9 Å². The number of carbonyl (C=O) groups is 2. The molecule has 1 amide bonds. The Morgan fingerprint density at radius 3 is 2.72 bits per heavy atom. The van der Waals surface area contributed by atoms with Gasteiger partial charge in [-0.15, -0.1) is 0 Å². The summed E-state index contributed by atoms with van der Waals surface area (Å²) >= 11 is 2.21. The minimum Gasteiger partial charge on any atom is -0.481 e. The summed E-state index contributed by atoms with van der Waals surface area (Å²) in [4.78, 5) is 24.6.